The largest absolute Gasteiger partial charge is 0.321 e. The fourth-order valence-electron chi connectivity index (χ4n) is 2.11. The van der Waals surface area contributed by atoms with E-state index in [4.69, 9.17) is 0 Å². The van der Waals surface area contributed by atoms with Crippen molar-refractivity contribution in [2.45, 2.75) is 0 Å². The summed E-state index contributed by atoms with van der Waals surface area (Å²) >= 11 is 0. The highest BCUT2D eigenvalue weighted by atomic mass is 19.1. The number of para-hydroxylation sites is 1. The Morgan fingerprint density at radius 2 is 1.95 bits per heavy atom. The zero-order valence-corrected chi connectivity index (χ0v) is 11.7. The van der Waals surface area contributed by atoms with E-state index in [-0.39, 0.29) is 11.7 Å². The highest BCUT2D eigenvalue weighted by Gasteiger charge is 2.00. The molecule has 0 fully saturated rings. The number of anilines is 1. The Kier molecular flexibility index (Phi) is 3.92. The smallest absolute Gasteiger partial charge is 0.248 e. The van der Waals surface area contributed by atoms with Crippen molar-refractivity contribution in [1.82, 2.24) is 4.98 Å². The molecule has 3 aromatic rings. The Morgan fingerprint density at radius 1 is 1.09 bits per heavy atom. The summed E-state index contributed by atoms with van der Waals surface area (Å²) in [6.07, 6.45) is 4.53. The van der Waals surface area contributed by atoms with Crippen molar-refractivity contribution in [1.29, 1.82) is 0 Å². The molecule has 1 heterocycles. The van der Waals surface area contributed by atoms with Gasteiger partial charge in [-0.2, -0.15) is 0 Å². The van der Waals surface area contributed by atoms with Crippen LogP contribution in [0.25, 0.3) is 17.0 Å². The van der Waals surface area contributed by atoms with E-state index in [0.717, 1.165) is 10.9 Å². The first-order valence-corrected chi connectivity index (χ1v) is 6.80. The minimum Gasteiger partial charge on any atom is -0.321 e. The predicted octanol–water partition coefficient (Wildman–Crippen LogP) is 4.03. The molecule has 1 aromatic heterocycles. The van der Waals surface area contributed by atoms with Crippen LogP contribution in [0.5, 0.6) is 0 Å². The number of benzene rings is 2. The number of hydrogen-bond donors (Lipinski definition) is 1. The molecule has 0 spiro atoms. The lowest BCUT2D eigenvalue weighted by molar-refractivity contribution is -0.111. The summed E-state index contributed by atoms with van der Waals surface area (Å²) in [5.74, 6) is -0.623. The van der Waals surface area contributed by atoms with Crippen LogP contribution in [0.4, 0.5) is 10.1 Å². The van der Waals surface area contributed by atoms with Crippen LogP contribution in [-0.4, -0.2) is 10.9 Å². The second-order valence-corrected chi connectivity index (χ2v) is 4.79. The van der Waals surface area contributed by atoms with Crippen molar-refractivity contribution in [3.8, 4) is 0 Å². The molecule has 0 radical (unpaired) electrons. The Morgan fingerprint density at radius 3 is 2.82 bits per heavy atom. The first-order valence-electron chi connectivity index (χ1n) is 6.80. The van der Waals surface area contributed by atoms with Gasteiger partial charge in [-0.3, -0.25) is 9.78 Å². The van der Waals surface area contributed by atoms with Crippen LogP contribution in [0.15, 0.2) is 66.9 Å². The van der Waals surface area contributed by atoms with E-state index >= 15 is 0 Å². The third kappa shape index (κ3) is 3.35. The van der Waals surface area contributed by atoms with Crippen LogP contribution >= 0.6 is 0 Å². The molecular formula is C18H13FN2O. The Balaban J connectivity index is 1.72. The summed E-state index contributed by atoms with van der Waals surface area (Å²) in [6, 6.07) is 15.6. The summed E-state index contributed by atoms with van der Waals surface area (Å²) in [5, 5.41) is 3.69. The quantitative estimate of drug-likeness (QED) is 0.741. The third-order valence-corrected chi connectivity index (χ3v) is 3.13. The number of nitrogens with zero attached hydrogens (tertiary/aromatic N) is 1. The molecule has 3 rings (SSSR count). The minimum absolute atomic E-state index is 0.290. The van der Waals surface area contributed by atoms with Gasteiger partial charge < -0.3 is 5.32 Å². The maximum atomic E-state index is 13.0. The molecule has 0 atom stereocenters. The number of halogens is 1. The highest BCUT2D eigenvalue weighted by molar-refractivity contribution is 6.02. The number of rotatable bonds is 3. The molecule has 108 valence electrons. The molecule has 1 N–H and O–H groups in total. The van der Waals surface area contributed by atoms with Crippen molar-refractivity contribution in [2.24, 2.45) is 0 Å². The maximum absolute atomic E-state index is 13.0. The number of hydrogen-bond acceptors (Lipinski definition) is 2. The third-order valence-electron chi connectivity index (χ3n) is 3.13. The lowest BCUT2D eigenvalue weighted by Gasteiger charge is -2.03. The van der Waals surface area contributed by atoms with Crippen molar-refractivity contribution in [3.05, 3.63) is 78.3 Å². The predicted molar refractivity (Wildman–Crippen MR) is 85.8 cm³/mol. The van der Waals surface area contributed by atoms with Crippen molar-refractivity contribution >= 4 is 28.6 Å². The van der Waals surface area contributed by atoms with Gasteiger partial charge in [0, 0.05) is 11.5 Å². The van der Waals surface area contributed by atoms with Crippen LogP contribution in [0, 0.1) is 5.82 Å². The number of fused-ring (bicyclic) bond motifs is 1. The van der Waals surface area contributed by atoms with Gasteiger partial charge in [-0.25, -0.2) is 4.39 Å². The Hall–Kier alpha value is -3.01. The van der Waals surface area contributed by atoms with Crippen molar-refractivity contribution in [3.63, 3.8) is 0 Å². The maximum Gasteiger partial charge on any atom is 0.248 e. The number of carbonyl (C=O) groups is 1. The Labute approximate surface area is 127 Å². The van der Waals surface area contributed by atoms with Gasteiger partial charge >= 0.3 is 0 Å². The molecule has 0 aliphatic carbocycles. The van der Waals surface area contributed by atoms with Crippen LogP contribution in [0.3, 0.4) is 0 Å². The topological polar surface area (TPSA) is 42.0 Å². The number of pyridine rings is 1. The Bertz CT molecular complexity index is 858. The fraction of sp³-hybridized carbons (Fsp3) is 0. The summed E-state index contributed by atoms with van der Waals surface area (Å²) < 4.78 is 13.0. The standard InChI is InChI=1S/C18H13FN2O/c19-15-6-3-4-13(10-15)8-9-18(22)21-16-11-14-5-1-2-7-17(14)20-12-16/h1-12H,(H,21,22)/b9-8+. The van der Waals surface area contributed by atoms with Crippen LogP contribution in [0.2, 0.25) is 0 Å². The van der Waals surface area contributed by atoms with Crippen LogP contribution in [-0.2, 0) is 4.79 Å². The molecule has 4 heteroatoms. The average molecular weight is 292 g/mol. The summed E-state index contributed by atoms with van der Waals surface area (Å²) in [7, 11) is 0. The molecule has 0 bridgehead atoms. The molecule has 0 unspecified atom stereocenters. The van der Waals surface area contributed by atoms with Crippen LogP contribution < -0.4 is 5.32 Å². The van der Waals surface area contributed by atoms with Gasteiger partial charge in [0.25, 0.3) is 0 Å². The minimum atomic E-state index is -0.332. The molecule has 0 saturated heterocycles. The molecule has 2 aromatic carbocycles. The number of nitrogens with one attached hydrogen (secondary N) is 1. The van der Waals surface area contributed by atoms with Gasteiger partial charge in [-0.1, -0.05) is 30.3 Å². The average Bonchev–Trinajstić information content (AvgIpc) is 2.53. The van der Waals surface area contributed by atoms with Gasteiger partial charge in [0.15, 0.2) is 0 Å². The van der Waals surface area contributed by atoms with Crippen molar-refractivity contribution < 1.29 is 9.18 Å². The van der Waals surface area contributed by atoms with Gasteiger partial charge in [0.1, 0.15) is 5.82 Å². The molecule has 3 nitrogen and oxygen atoms in total. The molecule has 0 aliphatic heterocycles. The van der Waals surface area contributed by atoms with E-state index in [1.54, 1.807) is 24.4 Å². The number of amides is 1. The normalized spacial score (nSPS) is 11.0. The second-order valence-electron chi connectivity index (χ2n) is 4.79. The van der Waals surface area contributed by atoms with E-state index in [1.807, 2.05) is 30.3 Å². The molecule has 0 saturated carbocycles. The summed E-state index contributed by atoms with van der Waals surface area (Å²) in [4.78, 5) is 16.2. The zero-order valence-electron chi connectivity index (χ0n) is 11.7. The molecule has 0 aliphatic rings. The highest BCUT2D eigenvalue weighted by Crippen LogP contribution is 2.16. The monoisotopic (exact) mass is 292 g/mol. The van der Waals surface area contributed by atoms with Gasteiger partial charge in [0.2, 0.25) is 5.91 Å². The van der Waals surface area contributed by atoms with Gasteiger partial charge in [-0.05, 0) is 35.9 Å². The summed E-state index contributed by atoms with van der Waals surface area (Å²) in [5.41, 5.74) is 2.12. The van der Waals surface area contributed by atoms with Gasteiger partial charge in [0.05, 0.1) is 17.4 Å². The van der Waals surface area contributed by atoms with Crippen LogP contribution in [0.1, 0.15) is 5.56 Å². The molecular weight excluding hydrogens is 279 g/mol. The van der Waals surface area contributed by atoms with E-state index in [9.17, 15) is 9.18 Å². The van der Waals surface area contributed by atoms with E-state index in [1.165, 1.54) is 18.2 Å². The number of carbonyl (C=O) groups excluding carboxylic acids is 1. The second kappa shape index (κ2) is 6.18. The molecule has 22 heavy (non-hydrogen) atoms. The SMILES string of the molecule is O=C(/C=C/c1cccc(F)c1)Nc1cnc2ccccc2c1. The lowest BCUT2D eigenvalue weighted by Crippen LogP contribution is -2.07. The van der Waals surface area contributed by atoms with E-state index in [2.05, 4.69) is 10.3 Å². The van der Waals surface area contributed by atoms with Crippen molar-refractivity contribution in [2.75, 3.05) is 5.32 Å². The van der Waals surface area contributed by atoms with Gasteiger partial charge in [-0.15, -0.1) is 0 Å². The first-order chi connectivity index (χ1) is 10.7. The van der Waals surface area contributed by atoms with E-state index in [0.29, 0.717) is 11.3 Å². The first kappa shape index (κ1) is 13.9. The number of aromatic nitrogens is 1. The van der Waals surface area contributed by atoms with E-state index < -0.39 is 0 Å². The lowest BCUT2D eigenvalue weighted by atomic mass is 10.2. The summed E-state index contributed by atoms with van der Waals surface area (Å²) in [6.45, 7) is 0. The molecule has 1 amide bonds. The zero-order chi connectivity index (χ0) is 15.4. The fourth-order valence-corrected chi connectivity index (χ4v) is 2.11.